The number of allylic oxidation sites excluding steroid dienone is 1. The Kier molecular flexibility index (Phi) is 5.37. The van der Waals surface area contributed by atoms with Gasteiger partial charge in [-0.1, -0.05) is 38.4 Å². The van der Waals surface area contributed by atoms with Crippen LogP contribution in [-0.2, 0) is 4.74 Å². The standard InChI is InChI=1S/C24H31ClO7/c1-11-17(14(27)7-15(31-5)19(11)25)21(29)32-16-9-23(4)18-12(8-22(2,3)20(18)28)6-13(10-26)24(16,23)30/h6-7,12,16,18,20,26-28,30H,8-10H2,1-5H3. The third kappa shape index (κ3) is 2.87. The predicted molar refractivity (Wildman–Crippen MR) is 118 cm³/mol. The van der Waals surface area contributed by atoms with Crippen LogP contribution in [0.25, 0.3) is 0 Å². The maximum Gasteiger partial charge on any atom is 0.342 e. The van der Waals surface area contributed by atoms with Crippen LogP contribution in [0.2, 0.25) is 5.02 Å². The van der Waals surface area contributed by atoms with Crippen molar-refractivity contribution in [1.29, 1.82) is 0 Å². The van der Waals surface area contributed by atoms with Gasteiger partial charge >= 0.3 is 5.97 Å². The Balaban J connectivity index is 1.67. The maximum absolute atomic E-state index is 13.0. The molecule has 3 aliphatic carbocycles. The van der Waals surface area contributed by atoms with Crippen molar-refractivity contribution in [2.75, 3.05) is 13.7 Å². The topological polar surface area (TPSA) is 116 Å². The molecule has 6 unspecified atom stereocenters. The number of esters is 1. The van der Waals surface area contributed by atoms with E-state index in [-0.39, 0.29) is 45.9 Å². The summed E-state index contributed by atoms with van der Waals surface area (Å²) in [5.74, 6) is -1.13. The normalized spacial score (nSPS) is 37.1. The lowest BCUT2D eigenvalue weighted by Gasteiger charge is -2.65. The minimum Gasteiger partial charge on any atom is -0.507 e. The maximum atomic E-state index is 13.0. The number of halogens is 1. The number of phenolic OH excluding ortho intramolecular Hbond substituents is 1. The highest BCUT2D eigenvalue weighted by atomic mass is 35.5. The summed E-state index contributed by atoms with van der Waals surface area (Å²) in [6.07, 6.45) is 1.34. The Morgan fingerprint density at radius 3 is 2.53 bits per heavy atom. The van der Waals surface area contributed by atoms with Crippen molar-refractivity contribution in [3.63, 3.8) is 0 Å². The van der Waals surface area contributed by atoms with Crippen molar-refractivity contribution in [3.05, 3.63) is 33.9 Å². The van der Waals surface area contributed by atoms with E-state index in [4.69, 9.17) is 21.1 Å². The van der Waals surface area contributed by atoms with E-state index >= 15 is 0 Å². The Morgan fingerprint density at radius 2 is 1.94 bits per heavy atom. The summed E-state index contributed by atoms with van der Waals surface area (Å²) in [5, 5.41) is 43.4. The number of methoxy groups -OCH3 is 1. The zero-order valence-corrected chi connectivity index (χ0v) is 19.7. The molecule has 0 spiro atoms. The molecular weight excluding hydrogens is 436 g/mol. The van der Waals surface area contributed by atoms with Gasteiger partial charge in [0.2, 0.25) is 0 Å². The summed E-state index contributed by atoms with van der Waals surface area (Å²) in [7, 11) is 1.40. The number of phenols is 1. The van der Waals surface area contributed by atoms with Crippen LogP contribution in [0.4, 0.5) is 0 Å². The molecule has 1 aromatic carbocycles. The van der Waals surface area contributed by atoms with Crippen LogP contribution in [0.5, 0.6) is 11.5 Å². The number of carbonyl (C=O) groups is 1. The van der Waals surface area contributed by atoms with E-state index in [2.05, 4.69) is 0 Å². The summed E-state index contributed by atoms with van der Waals surface area (Å²) in [5.41, 5.74) is -2.10. The van der Waals surface area contributed by atoms with Gasteiger partial charge in [0.05, 0.1) is 24.8 Å². The van der Waals surface area contributed by atoms with Gasteiger partial charge in [0.1, 0.15) is 28.8 Å². The molecule has 7 nitrogen and oxygen atoms in total. The summed E-state index contributed by atoms with van der Waals surface area (Å²) in [4.78, 5) is 13.0. The lowest BCUT2D eigenvalue weighted by molar-refractivity contribution is -0.260. The number of carbonyl (C=O) groups excluding carboxylic acids is 1. The Bertz CT molecular complexity index is 1000. The summed E-state index contributed by atoms with van der Waals surface area (Å²) < 4.78 is 10.8. The number of hydrogen-bond donors (Lipinski definition) is 4. The fourth-order valence-corrected chi connectivity index (χ4v) is 6.70. The number of rotatable bonds is 4. The van der Waals surface area contributed by atoms with Gasteiger partial charge < -0.3 is 29.9 Å². The van der Waals surface area contributed by atoms with Gasteiger partial charge in [-0.15, -0.1) is 0 Å². The second-order valence-electron chi connectivity index (χ2n) is 10.4. The van der Waals surface area contributed by atoms with Gasteiger partial charge in [0.15, 0.2) is 0 Å². The molecule has 0 saturated heterocycles. The van der Waals surface area contributed by atoms with Crippen molar-refractivity contribution < 1.29 is 34.7 Å². The fourth-order valence-electron chi connectivity index (χ4n) is 6.47. The van der Waals surface area contributed by atoms with Crippen molar-refractivity contribution in [1.82, 2.24) is 0 Å². The first-order valence-corrected chi connectivity index (χ1v) is 11.2. The van der Waals surface area contributed by atoms with Crippen molar-refractivity contribution in [3.8, 4) is 11.5 Å². The zero-order chi connectivity index (χ0) is 23.8. The average Bonchev–Trinajstić information content (AvgIpc) is 2.95. The quantitative estimate of drug-likeness (QED) is 0.398. The minimum absolute atomic E-state index is 0.0239. The molecule has 0 aromatic heterocycles. The molecule has 3 aliphatic rings. The molecular formula is C24H31ClO7. The van der Waals surface area contributed by atoms with Crippen molar-refractivity contribution in [2.45, 2.75) is 58.3 Å². The van der Waals surface area contributed by atoms with Crippen LogP contribution >= 0.6 is 11.6 Å². The van der Waals surface area contributed by atoms with Gasteiger partial charge in [0.25, 0.3) is 0 Å². The van der Waals surface area contributed by atoms with Crippen LogP contribution in [0.3, 0.4) is 0 Å². The van der Waals surface area contributed by atoms with E-state index in [1.807, 2.05) is 26.8 Å². The van der Waals surface area contributed by atoms with Crippen LogP contribution in [0.1, 0.15) is 49.5 Å². The number of aliphatic hydroxyl groups is 3. The number of benzene rings is 1. The third-order valence-electron chi connectivity index (χ3n) is 8.24. The lowest BCUT2D eigenvalue weighted by Crippen LogP contribution is -2.74. The van der Waals surface area contributed by atoms with E-state index < -0.39 is 29.2 Å². The van der Waals surface area contributed by atoms with Gasteiger partial charge in [-0.25, -0.2) is 4.79 Å². The van der Waals surface area contributed by atoms with E-state index in [1.165, 1.54) is 13.2 Å². The van der Waals surface area contributed by atoms with E-state index in [0.717, 1.165) is 6.42 Å². The first-order valence-electron chi connectivity index (χ1n) is 10.8. The van der Waals surface area contributed by atoms with E-state index in [9.17, 15) is 25.2 Å². The monoisotopic (exact) mass is 466 g/mol. The van der Waals surface area contributed by atoms with Crippen LogP contribution in [0.15, 0.2) is 17.7 Å². The largest absolute Gasteiger partial charge is 0.507 e. The highest BCUT2D eigenvalue weighted by Crippen LogP contribution is 2.68. The zero-order valence-electron chi connectivity index (χ0n) is 19.0. The number of fused-ring (bicyclic) bond motifs is 3. The Labute approximate surface area is 192 Å². The Morgan fingerprint density at radius 1 is 1.28 bits per heavy atom. The number of aliphatic hydroxyl groups excluding tert-OH is 2. The van der Waals surface area contributed by atoms with Crippen LogP contribution in [0, 0.1) is 29.6 Å². The first kappa shape index (κ1) is 23.4. The summed E-state index contributed by atoms with van der Waals surface area (Å²) in [6, 6.07) is 1.24. The molecule has 8 heteroatoms. The molecule has 1 aromatic rings. The minimum atomic E-state index is -1.61. The highest BCUT2D eigenvalue weighted by Gasteiger charge is 2.74. The second kappa shape index (κ2) is 7.35. The SMILES string of the molecule is COc1cc(O)c(C(=O)OC2CC3(C)C4C(C=C(CO)C23O)CC(C)(C)C4O)c(C)c1Cl. The molecule has 176 valence electrons. The molecule has 0 aliphatic heterocycles. The smallest absolute Gasteiger partial charge is 0.342 e. The van der Waals surface area contributed by atoms with Gasteiger partial charge in [-0.05, 0) is 42.2 Å². The Hall–Kier alpha value is -1.80. The van der Waals surface area contributed by atoms with Crippen LogP contribution in [-0.4, -0.2) is 57.9 Å². The van der Waals surface area contributed by atoms with Gasteiger partial charge in [0, 0.05) is 17.4 Å². The van der Waals surface area contributed by atoms with Crippen LogP contribution < -0.4 is 4.74 Å². The number of hydrogen-bond acceptors (Lipinski definition) is 7. The average molecular weight is 467 g/mol. The van der Waals surface area contributed by atoms with E-state index in [1.54, 1.807) is 6.92 Å². The molecule has 4 N–H and O–H groups in total. The second-order valence-corrected chi connectivity index (χ2v) is 10.7. The molecule has 2 fully saturated rings. The summed E-state index contributed by atoms with van der Waals surface area (Å²) in [6.45, 7) is 7.08. The number of ether oxygens (including phenoxy) is 2. The van der Waals surface area contributed by atoms with Crippen molar-refractivity contribution >= 4 is 17.6 Å². The van der Waals surface area contributed by atoms with Gasteiger partial charge in [-0.2, -0.15) is 0 Å². The molecule has 32 heavy (non-hydrogen) atoms. The molecule has 0 bridgehead atoms. The molecule has 0 amide bonds. The fraction of sp³-hybridized carbons (Fsp3) is 0.625. The molecule has 0 heterocycles. The first-order chi connectivity index (χ1) is 14.8. The van der Waals surface area contributed by atoms with Crippen molar-refractivity contribution in [2.24, 2.45) is 22.7 Å². The number of aromatic hydroxyl groups is 1. The van der Waals surface area contributed by atoms with E-state index in [0.29, 0.717) is 17.6 Å². The van der Waals surface area contributed by atoms with Gasteiger partial charge in [-0.3, -0.25) is 0 Å². The molecule has 2 saturated carbocycles. The third-order valence-corrected chi connectivity index (χ3v) is 8.71. The molecule has 0 radical (unpaired) electrons. The molecule has 6 atom stereocenters. The molecule has 4 rings (SSSR count). The predicted octanol–water partition coefficient (Wildman–Crippen LogP) is 2.98. The summed E-state index contributed by atoms with van der Waals surface area (Å²) >= 11 is 6.25. The highest BCUT2D eigenvalue weighted by molar-refractivity contribution is 6.33. The lowest BCUT2D eigenvalue weighted by atomic mass is 9.43.